The molecule has 2 aromatic carbocycles. The first-order valence-electron chi connectivity index (χ1n) is 5.95. The van der Waals surface area contributed by atoms with Gasteiger partial charge in [-0.1, -0.05) is 30.3 Å². The second-order valence-corrected chi connectivity index (χ2v) is 4.20. The average molecular weight is 276 g/mol. The van der Waals surface area contributed by atoms with E-state index in [1.54, 1.807) is 0 Å². The van der Waals surface area contributed by atoms with Crippen molar-refractivity contribution in [3.63, 3.8) is 0 Å². The van der Waals surface area contributed by atoms with Gasteiger partial charge in [0.1, 0.15) is 12.4 Å². The van der Waals surface area contributed by atoms with E-state index in [9.17, 15) is 14.5 Å². The van der Waals surface area contributed by atoms with Crippen LogP contribution in [0.3, 0.4) is 0 Å². The normalized spacial score (nSPS) is 11.9. The molecule has 20 heavy (non-hydrogen) atoms. The van der Waals surface area contributed by atoms with Gasteiger partial charge in [-0.05, 0) is 17.7 Å². The van der Waals surface area contributed by atoms with E-state index in [-0.39, 0.29) is 12.4 Å². The average Bonchev–Trinajstić information content (AvgIpc) is 2.46. The monoisotopic (exact) mass is 276 g/mol. The molecule has 0 aliphatic rings. The Hall–Kier alpha value is -2.47. The topological polar surface area (TPSA) is 78.4 Å². The number of nitrogens with zero attached hydrogens (tertiary/aromatic N) is 1. The maximum atomic E-state index is 13.0. The molecule has 0 bridgehead atoms. The molecule has 0 saturated heterocycles. The molecule has 2 aromatic rings. The number of ether oxygens (including phenoxy) is 1. The van der Waals surface area contributed by atoms with Gasteiger partial charge in [0.05, 0.1) is 17.0 Å². The van der Waals surface area contributed by atoms with Crippen LogP contribution in [0.25, 0.3) is 0 Å². The second kappa shape index (κ2) is 6.12. The Morgan fingerprint density at radius 2 is 1.95 bits per heavy atom. The molecule has 0 heterocycles. The van der Waals surface area contributed by atoms with E-state index >= 15 is 0 Å². The number of hydrogen-bond acceptors (Lipinski definition) is 4. The molecule has 0 saturated carbocycles. The van der Waals surface area contributed by atoms with Crippen molar-refractivity contribution in [2.75, 3.05) is 6.61 Å². The fourth-order valence-corrected chi connectivity index (χ4v) is 1.73. The number of benzene rings is 2. The standard InChI is InChI=1S/C14H13FN2O3/c15-11-6-7-14(13(8-11)17(18)19)20-9-12(16)10-4-2-1-3-5-10/h1-8,12H,9,16H2. The van der Waals surface area contributed by atoms with E-state index < -0.39 is 22.5 Å². The van der Waals surface area contributed by atoms with Crippen molar-refractivity contribution < 1.29 is 14.1 Å². The summed E-state index contributed by atoms with van der Waals surface area (Å²) in [6, 6.07) is 12.0. The third kappa shape index (κ3) is 3.30. The molecule has 0 aromatic heterocycles. The third-order valence-electron chi connectivity index (χ3n) is 2.76. The summed E-state index contributed by atoms with van der Waals surface area (Å²) < 4.78 is 18.3. The quantitative estimate of drug-likeness (QED) is 0.672. The highest BCUT2D eigenvalue weighted by atomic mass is 19.1. The number of nitro groups is 1. The zero-order valence-corrected chi connectivity index (χ0v) is 10.5. The first kappa shape index (κ1) is 14.0. The zero-order chi connectivity index (χ0) is 14.5. The largest absolute Gasteiger partial charge is 0.485 e. The summed E-state index contributed by atoms with van der Waals surface area (Å²) in [6.45, 7) is 0.0660. The lowest BCUT2D eigenvalue weighted by Gasteiger charge is -2.13. The van der Waals surface area contributed by atoms with Gasteiger partial charge >= 0.3 is 5.69 Å². The highest BCUT2D eigenvalue weighted by molar-refractivity contribution is 5.46. The molecule has 1 atom stereocenters. The fraction of sp³-hybridized carbons (Fsp3) is 0.143. The van der Waals surface area contributed by atoms with Crippen LogP contribution in [0.15, 0.2) is 48.5 Å². The van der Waals surface area contributed by atoms with E-state index in [1.807, 2.05) is 30.3 Å². The summed E-state index contributed by atoms with van der Waals surface area (Å²) in [5.74, 6) is -0.681. The number of rotatable bonds is 5. The van der Waals surface area contributed by atoms with Crippen LogP contribution >= 0.6 is 0 Å². The molecule has 5 nitrogen and oxygen atoms in total. The Kier molecular flexibility index (Phi) is 4.27. The lowest BCUT2D eigenvalue weighted by molar-refractivity contribution is -0.386. The van der Waals surface area contributed by atoms with E-state index in [0.717, 1.165) is 17.7 Å². The summed E-state index contributed by atoms with van der Waals surface area (Å²) in [4.78, 5) is 10.1. The lowest BCUT2D eigenvalue weighted by atomic mass is 10.1. The molecule has 2 N–H and O–H groups in total. The Labute approximate surface area is 114 Å². The highest BCUT2D eigenvalue weighted by Crippen LogP contribution is 2.28. The van der Waals surface area contributed by atoms with E-state index in [4.69, 9.17) is 10.5 Å². The molecule has 2 rings (SSSR count). The van der Waals surface area contributed by atoms with Crippen LogP contribution in [0.1, 0.15) is 11.6 Å². The molecule has 0 radical (unpaired) electrons. The maximum absolute atomic E-state index is 13.0. The Morgan fingerprint density at radius 1 is 1.25 bits per heavy atom. The summed E-state index contributed by atoms with van der Waals surface area (Å²) >= 11 is 0. The van der Waals surface area contributed by atoms with Crippen LogP contribution in [0.2, 0.25) is 0 Å². The summed E-state index contributed by atoms with van der Waals surface area (Å²) in [5.41, 5.74) is 6.38. The summed E-state index contributed by atoms with van der Waals surface area (Å²) in [7, 11) is 0. The predicted molar refractivity (Wildman–Crippen MR) is 71.9 cm³/mol. The van der Waals surface area contributed by atoms with Crippen LogP contribution in [-0.2, 0) is 0 Å². The van der Waals surface area contributed by atoms with Crippen LogP contribution in [-0.4, -0.2) is 11.5 Å². The van der Waals surface area contributed by atoms with Gasteiger partial charge < -0.3 is 10.5 Å². The van der Waals surface area contributed by atoms with Crippen LogP contribution in [0.4, 0.5) is 10.1 Å². The van der Waals surface area contributed by atoms with Crippen molar-refractivity contribution in [1.82, 2.24) is 0 Å². The molecule has 0 fully saturated rings. The van der Waals surface area contributed by atoms with Crippen molar-refractivity contribution in [3.05, 3.63) is 70.0 Å². The minimum Gasteiger partial charge on any atom is -0.485 e. The van der Waals surface area contributed by atoms with Gasteiger partial charge in [0.15, 0.2) is 5.75 Å². The van der Waals surface area contributed by atoms with Crippen LogP contribution in [0.5, 0.6) is 5.75 Å². The van der Waals surface area contributed by atoms with Crippen molar-refractivity contribution in [2.45, 2.75) is 6.04 Å². The summed E-state index contributed by atoms with van der Waals surface area (Å²) in [6.07, 6.45) is 0. The molecule has 0 aliphatic carbocycles. The Balaban J connectivity index is 2.09. The van der Waals surface area contributed by atoms with E-state index in [0.29, 0.717) is 0 Å². The molecule has 1 unspecified atom stereocenters. The highest BCUT2D eigenvalue weighted by Gasteiger charge is 2.17. The van der Waals surface area contributed by atoms with E-state index in [2.05, 4.69) is 0 Å². The molecule has 0 spiro atoms. The Bertz CT molecular complexity index is 605. The SMILES string of the molecule is NC(COc1ccc(F)cc1[N+](=O)[O-])c1ccccc1. The third-order valence-corrected chi connectivity index (χ3v) is 2.76. The minimum atomic E-state index is -0.688. The van der Waals surface area contributed by atoms with Crippen LogP contribution in [0, 0.1) is 15.9 Å². The number of hydrogen-bond donors (Lipinski definition) is 1. The molecule has 0 aliphatic heterocycles. The van der Waals surface area contributed by atoms with Gasteiger partial charge in [-0.3, -0.25) is 10.1 Å². The van der Waals surface area contributed by atoms with Gasteiger partial charge in [0, 0.05) is 0 Å². The molecular weight excluding hydrogens is 263 g/mol. The second-order valence-electron chi connectivity index (χ2n) is 4.20. The van der Waals surface area contributed by atoms with Crippen molar-refractivity contribution in [2.24, 2.45) is 5.73 Å². The van der Waals surface area contributed by atoms with Crippen molar-refractivity contribution in [3.8, 4) is 5.75 Å². The number of halogens is 1. The first-order chi connectivity index (χ1) is 9.58. The molecule has 6 heteroatoms. The molecular formula is C14H13FN2O3. The maximum Gasteiger partial charge on any atom is 0.313 e. The Morgan fingerprint density at radius 3 is 2.60 bits per heavy atom. The van der Waals surface area contributed by atoms with Crippen molar-refractivity contribution >= 4 is 5.69 Å². The molecule has 104 valence electrons. The zero-order valence-electron chi connectivity index (χ0n) is 10.5. The van der Waals surface area contributed by atoms with Crippen LogP contribution < -0.4 is 10.5 Å². The predicted octanol–water partition coefficient (Wildman–Crippen LogP) is 2.81. The number of nitrogens with two attached hydrogens (primary N) is 1. The lowest BCUT2D eigenvalue weighted by Crippen LogP contribution is -2.19. The van der Waals surface area contributed by atoms with Gasteiger partial charge in [0.2, 0.25) is 0 Å². The minimum absolute atomic E-state index is 0.00258. The molecule has 0 amide bonds. The summed E-state index contributed by atoms with van der Waals surface area (Å²) in [5, 5.41) is 10.8. The van der Waals surface area contributed by atoms with Gasteiger partial charge in [0.25, 0.3) is 0 Å². The fourth-order valence-electron chi connectivity index (χ4n) is 1.73. The van der Waals surface area contributed by atoms with Crippen molar-refractivity contribution in [1.29, 1.82) is 0 Å². The van der Waals surface area contributed by atoms with Gasteiger partial charge in [-0.2, -0.15) is 0 Å². The first-order valence-corrected chi connectivity index (χ1v) is 5.95. The van der Waals surface area contributed by atoms with Gasteiger partial charge in [-0.15, -0.1) is 0 Å². The van der Waals surface area contributed by atoms with Gasteiger partial charge in [-0.25, -0.2) is 4.39 Å². The number of nitro benzene ring substituents is 1. The smallest absolute Gasteiger partial charge is 0.313 e. The van der Waals surface area contributed by atoms with E-state index in [1.165, 1.54) is 6.07 Å².